The van der Waals surface area contributed by atoms with Gasteiger partial charge >= 0.3 is 5.69 Å². The predicted octanol–water partition coefficient (Wildman–Crippen LogP) is 0.513. The van der Waals surface area contributed by atoms with Crippen LogP contribution in [-0.4, -0.2) is 16.2 Å². The Morgan fingerprint density at radius 1 is 1.60 bits per heavy atom. The van der Waals surface area contributed by atoms with Gasteiger partial charge in [0.25, 0.3) is 0 Å². The van der Waals surface area contributed by atoms with Crippen LogP contribution >= 0.6 is 0 Å². The number of hydrogen-bond donors (Lipinski definition) is 1. The number of nitrogen functional groups attached to an aromatic ring is 1. The van der Waals surface area contributed by atoms with Crippen molar-refractivity contribution < 1.29 is 9.72 Å². The molecule has 0 radical (unpaired) electrons. The van der Waals surface area contributed by atoms with Gasteiger partial charge in [-0.2, -0.15) is 0 Å². The summed E-state index contributed by atoms with van der Waals surface area (Å²) < 4.78 is 0. The standard InChI is InChI=1S/C9H7N3O3/c10-9-7(3-1-2-4-13)5-11-6-8(9)12(14)15/h4-6H,2H2,(H2,10,11). The van der Waals surface area contributed by atoms with Crippen LogP contribution in [0.4, 0.5) is 11.4 Å². The topological polar surface area (TPSA) is 99.1 Å². The normalized spacial score (nSPS) is 8.80. The number of carbonyl (C=O) groups excluding carboxylic acids is 1. The number of anilines is 1. The van der Waals surface area contributed by atoms with E-state index in [1.54, 1.807) is 0 Å². The Morgan fingerprint density at radius 3 is 2.93 bits per heavy atom. The molecule has 0 fully saturated rings. The molecule has 15 heavy (non-hydrogen) atoms. The number of nitro groups is 1. The first-order valence-corrected chi connectivity index (χ1v) is 3.97. The van der Waals surface area contributed by atoms with Gasteiger partial charge < -0.3 is 10.5 Å². The van der Waals surface area contributed by atoms with Crippen LogP contribution in [0.15, 0.2) is 12.4 Å². The molecule has 2 N–H and O–H groups in total. The number of pyridine rings is 1. The molecule has 1 aromatic rings. The minimum atomic E-state index is -0.632. The third-order valence-electron chi connectivity index (χ3n) is 1.57. The van der Waals surface area contributed by atoms with Gasteiger partial charge in [-0.25, -0.2) is 0 Å². The van der Waals surface area contributed by atoms with Gasteiger partial charge in [0.15, 0.2) is 0 Å². The summed E-state index contributed by atoms with van der Waals surface area (Å²) in [4.78, 5) is 23.5. The van der Waals surface area contributed by atoms with Gasteiger partial charge in [0.2, 0.25) is 0 Å². The number of hydrogen-bond acceptors (Lipinski definition) is 5. The lowest BCUT2D eigenvalue weighted by Crippen LogP contribution is -1.99. The minimum Gasteiger partial charge on any atom is -0.392 e. The quantitative estimate of drug-likeness (QED) is 0.328. The summed E-state index contributed by atoms with van der Waals surface area (Å²) in [5.74, 6) is 5.03. The second kappa shape index (κ2) is 4.72. The number of nitrogens with zero attached hydrogens (tertiary/aromatic N) is 2. The van der Waals surface area contributed by atoms with Crippen LogP contribution in [0.25, 0.3) is 0 Å². The van der Waals surface area contributed by atoms with Gasteiger partial charge in [0, 0.05) is 6.20 Å². The average Bonchev–Trinajstić information content (AvgIpc) is 2.20. The maximum absolute atomic E-state index is 10.5. The summed E-state index contributed by atoms with van der Waals surface area (Å²) in [5, 5.41) is 10.5. The molecule has 0 aliphatic carbocycles. The van der Waals surface area contributed by atoms with Crippen molar-refractivity contribution in [1.82, 2.24) is 4.98 Å². The SMILES string of the molecule is Nc1c(C#CCC=O)cncc1[N+](=O)[O-]. The van der Waals surface area contributed by atoms with Crippen molar-refractivity contribution in [2.45, 2.75) is 6.42 Å². The zero-order valence-corrected chi connectivity index (χ0v) is 7.64. The Labute approximate surface area is 85.3 Å². The fourth-order valence-electron chi connectivity index (χ4n) is 0.892. The molecule has 0 spiro atoms. The fourth-order valence-corrected chi connectivity index (χ4v) is 0.892. The van der Waals surface area contributed by atoms with Crippen molar-refractivity contribution in [3.05, 3.63) is 28.1 Å². The van der Waals surface area contributed by atoms with Crippen LogP contribution in [0.5, 0.6) is 0 Å². The Balaban J connectivity index is 3.11. The molecule has 0 unspecified atom stereocenters. The van der Waals surface area contributed by atoms with E-state index >= 15 is 0 Å². The molecule has 76 valence electrons. The molecular formula is C9H7N3O3. The van der Waals surface area contributed by atoms with E-state index in [0.717, 1.165) is 6.20 Å². The van der Waals surface area contributed by atoms with E-state index in [9.17, 15) is 14.9 Å². The van der Waals surface area contributed by atoms with E-state index in [2.05, 4.69) is 16.8 Å². The number of nitrogens with two attached hydrogens (primary N) is 1. The van der Waals surface area contributed by atoms with Crippen LogP contribution in [-0.2, 0) is 4.79 Å². The lowest BCUT2D eigenvalue weighted by atomic mass is 10.2. The van der Waals surface area contributed by atoms with Gasteiger partial charge in [0.05, 0.1) is 16.9 Å². The number of carbonyl (C=O) groups is 1. The summed E-state index contributed by atoms with van der Waals surface area (Å²) in [7, 11) is 0. The first kappa shape index (κ1) is 10.7. The van der Waals surface area contributed by atoms with Gasteiger partial charge in [-0.05, 0) is 0 Å². The highest BCUT2D eigenvalue weighted by molar-refractivity contribution is 5.67. The van der Waals surface area contributed by atoms with Crippen LogP contribution in [0, 0.1) is 22.0 Å². The number of aldehydes is 1. The zero-order chi connectivity index (χ0) is 11.3. The first-order valence-electron chi connectivity index (χ1n) is 3.97. The Morgan fingerprint density at radius 2 is 2.33 bits per heavy atom. The van der Waals surface area contributed by atoms with E-state index in [1.807, 2.05) is 0 Å². The summed E-state index contributed by atoms with van der Waals surface area (Å²) >= 11 is 0. The third kappa shape index (κ3) is 2.51. The van der Waals surface area contributed by atoms with Gasteiger partial charge in [0.1, 0.15) is 18.2 Å². The van der Waals surface area contributed by atoms with Crippen molar-refractivity contribution >= 4 is 17.7 Å². The lowest BCUT2D eigenvalue weighted by Gasteiger charge is -1.97. The lowest BCUT2D eigenvalue weighted by molar-refractivity contribution is -0.384. The molecule has 0 bridgehead atoms. The maximum Gasteiger partial charge on any atom is 0.311 e. The van der Waals surface area contributed by atoms with Crippen molar-refractivity contribution in [1.29, 1.82) is 0 Å². The van der Waals surface area contributed by atoms with Gasteiger partial charge in [-0.1, -0.05) is 11.8 Å². The molecule has 0 aromatic carbocycles. The molecule has 1 aromatic heterocycles. The summed E-state index contributed by atoms with van der Waals surface area (Å²) in [6.45, 7) is 0. The highest BCUT2D eigenvalue weighted by atomic mass is 16.6. The van der Waals surface area contributed by atoms with E-state index in [1.165, 1.54) is 6.20 Å². The highest BCUT2D eigenvalue weighted by Gasteiger charge is 2.13. The van der Waals surface area contributed by atoms with Crippen molar-refractivity contribution in [3.8, 4) is 11.8 Å². The second-order valence-electron chi connectivity index (χ2n) is 2.55. The molecule has 0 aliphatic rings. The van der Waals surface area contributed by atoms with Crippen LogP contribution in [0.2, 0.25) is 0 Å². The summed E-state index contributed by atoms with van der Waals surface area (Å²) in [6.07, 6.45) is 3.07. The molecule has 0 saturated heterocycles. The van der Waals surface area contributed by atoms with E-state index in [4.69, 9.17) is 5.73 Å². The predicted molar refractivity (Wildman–Crippen MR) is 52.9 cm³/mol. The minimum absolute atomic E-state index is 0.0339. The average molecular weight is 205 g/mol. The zero-order valence-electron chi connectivity index (χ0n) is 7.64. The molecule has 0 aliphatic heterocycles. The molecule has 1 heterocycles. The largest absolute Gasteiger partial charge is 0.392 e. The number of rotatable bonds is 2. The second-order valence-corrected chi connectivity index (χ2v) is 2.55. The Kier molecular flexibility index (Phi) is 3.35. The first-order chi connectivity index (χ1) is 7.16. The molecule has 0 atom stereocenters. The van der Waals surface area contributed by atoms with Crippen molar-refractivity contribution in [3.63, 3.8) is 0 Å². The molecule has 6 heteroatoms. The molecule has 1 rings (SSSR count). The van der Waals surface area contributed by atoms with Crippen LogP contribution in [0.3, 0.4) is 0 Å². The summed E-state index contributed by atoms with van der Waals surface area (Å²) in [6, 6.07) is 0. The Hall–Kier alpha value is -2.42. The molecular weight excluding hydrogens is 198 g/mol. The summed E-state index contributed by atoms with van der Waals surface area (Å²) in [5.41, 5.74) is 5.43. The van der Waals surface area contributed by atoms with Crippen molar-refractivity contribution in [2.24, 2.45) is 0 Å². The smallest absolute Gasteiger partial charge is 0.311 e. The Bertz CT molecular complexity index is 459. The van der Waals surface area contributed by atoms with E-state index in [-0.39, 0.29) is 23.4 Å². The van der Waals surface area contributed by atoms with E-state index < -0.39 is 4.92 Å². The molecule has 0 amide bonds. The van der Waals surface area contributed by atoms with Gasteiger partial charge in [-0.15, -0.1) is 0 Å². The molecule has 0 saturated carbocycles. The highest BCUT2D eigenvalue weighted by Crippen LogP contribution is 2.22. The van der Waals surface area contributed by atoms with Crippen LogP contribution < -0.4 is 5.73 Å². The maximum atomic E-state index is 10.5. The third-order valence-corrected chi connectivity index (χ3v) is 1.57. The fraction of sp³-hybridized carbons (Fsp3) is 0.111. The molecule has 6 nitrogen and oxygen atoms in total. The monoisotopic (exact) mass is 205 g/mol. The number of aromatic nitrogens is 1. The van der Waals surface area contributed by atoms with E-state index in [0.29, 0.717) is 6.29 Å². The van der Waals surface area contributed by atoms with Crippen LogP contribution in [0.1, 0.15) is 12.0 Å². The van der Waals surface area contributed by atoms with Gasteiger partial charge in [-0.3, -0.25) is 15.1 Å². The van der Waals surface area contributed by atoms with Crippen molar-refractivity contribution in [2.75, 3.05) is 5.73 Å².